The third kappa shape index (κ3) is 3.29. The van der Waals surface area contributed by atoms with E-state index < -0.39 is 10.8 Å². The zero-order valence-corrected chi connectivity index (χ0v) is 13.5. The van der Waals surface area contributed by atoms with E-state index in [0.29, 0.717) is 5.02 Å². The Morgan fingerprint density at radius 3 is 2.19 bits per heavy atom. The van der Waals surface area contributed by atoms with Crippen LogP contribution in [0.25, 0.3) is 0 Å². The van der Waals surface area contributed by atoms with Crippen molar-refractivity contribution in [2.24, 2.45) is 5.41 Å². The predicted molar refractivity (Wildman–Crippen MR) is 82.4 cm³/mol. The second-order valence-corrected chi connectivity index (χ2v) is 7.13. The molecule has 0 amide bonds. The Hall–Kier alpha value is -1.35. The van der Waals surface area contributed by atoms with E-state index in [1.54, 1.807) is 12.1 Å². The first kappa shape index (κ1) is 16.0. The molecule has 21 heavy (non-hydrogen) atoms. The predicted octanol–water partition coefficient (Wildman–Crippen LogP) is 3.92. The van der Waals surface area contributed by atoms with Gasteiger partial charge in [0, 0.05) is 10.4 Å². The maximum absolute atomic E-state index is 12.5. The van der Waals surface area contributed by atoms with Crippen LogP contribution in [0.15, 0.2) is 24.3 Å². The minimum Gasteiger partial charge on any atom is -0.457 e. The Morgan fingerprint density at radius 1 is 1.19 bits per heavy atom. The average molecular weight is 309 g/mol. The summed E-state index contributed by atoms with van der Waals surface area (Å²) in [6.45, 7) is 5.31. The number of rotatable bonds is 4. The summed E-state index contributed by atoms with van der Waals surface area (Å²) in [5.41, 5.74) is -0.165. The van der Waals surface area contributed by atoms with Crippen molar-refractivity contribution in [2.45, 2.75) is 45.4 Å². The van der Waals surface area contributed by atoms with Gasteiger partial charge in [-0.05, 0) is 30.5 Å². The normalized spacial score (nSPS) is 17.0. The van der Waals surface area contributed by atoms with E-state index in [-0.39, 0.29) is 18.4 Å². The second kappa shape index (κ2) is 5.80. The summed E-state index contributed by atoms with van der Waals surface area (Å²) in [6, 6.07) is 7.30. The molecule has 0 unspecified atom stereocenters. The topological polar surface area (TPSA) is 43.4 Å². The van der Waals surface area contributed by atoms with Crippen molar-refractivity contribution in [3.63, 3.8) is 0 Å². The third-order valence-electron chi connectivity index (χ3n) is 4.17. The molecule has 0 aromatic heterocycles. The summed E-state index contributed by atoms with van der Waals surface area (Å²) >= 11 is 5.89. The lowest BCUT2D eigenvalue weighted by Gasteiger charge is -2.39. The van der Waals surface area contributed by atoms with E-state index >= 15 is 0 Å². The smallest absolute Gasteiger partial charge is 0.316 e. The highest BCUT2D eigenvalue weighted by Gasteiger charge is 2.47. The summed E-state index contributed by atoms with van der Waals surface area (Å²) in [5.74, 6) is -0.366. The summed E-state index contributed by atoms with van der Waals surface area (Å²) in [6.07, 6.45) is 2.51. The number of ketones is 1. The summed E-state index contributed by atoms with van der Waals surface area (Å²) < 4.78 is 5.30. The zero-order chi connectivity index (χ0) is 15.7. The molecule has 1 fully saturated rings. The van der Waals surface area contributed by atoms with Crippen LogP contribution in [0.3, 0.4) is 0 Å². The fourth-order valence-electron chi connectivity index (χ4n) is 2.40. The third-order valence-corrected chi connectivity index (χ3v) is 4.42. The molecule has 0 radical (unpaired) electrons. The van der Waals surface area contributed by atoms with Crippen LogP contribution in [-0.2, 0) is 19.7 Å². The van der Waals surface area contributed by atoms with Crippen molar-refractivity contribution in [1.29, 1.82) is 0 Å². The first-order valence-corrected chi connectivity index (χ1v) is 7.60. The fourth-order valence-corrected chi connectivity index (χ4v) is 2.52. The minimum absolute atomic E-state index is 0.0681. The molecule has 0 bridgehead atoms. The molecule has 2 rings (SSSR count). The summed E-state index contributed by atoms with van der Waals surface area (Å²) in [5, 5.41) is 0.643. The van der Waals surface area contributed by atoms with Gasteiger partial charge < -0.3 is 4.74 Å². The SMILES string of the molecule is CC(C)(C)C(=O)COC(=O)C1(c2ccc(Cl)cc2)CCC1. The maximum atomic E-state index is 12.5. The van der Waals surface area contributed by atoms with E-state index in [4.69, 9.17) is 16.3 Å². The Bertz CT molecular complexity index is 536. The molecule has 0 N–H and O–H groups in total. The van der Waals surface area contributed by atoms with Crippen LogP contribution in [0.2, 0.25) is 5.02 Å². The van der Waals surface area contributed by atoms with E-state index in [1.165, 1.54) is 0 Å². The Kier molecular flexibility index (Phi) is 4.43. The van der Waals surface area contributed by atoms with Gasteiger partial charge in [0.15, 0.2) is 12.4 Å². The van der Waals surface area contributed by atoms with Gasteiger partial charge in [0.1, 0.15) is 0 Å². The highest BCUT2D eigenvalue weighted by atomic mass is 35.5. The molecule has 3 nitrogen and oxygen atoms in total. The maximum Gasteiger partial charge on any atom is 0.316 e. The van der Waals surface area contributed by atoms with Gasteiger partial charge in [-0.1, -0.05) is 50.9 Å². The van der Waals surface area contributed by atoms with Gasteiger partial charge in [0.25, 0.3) is 0 Å². The zero-order valence-electron chi connectivity index (χ0n) is 12.7. The monoisotopic (exact) mass is 308 g/mol. The Balaban J connectivity index is 2.09. The number of carbonyl (C=O) groups excluding carboxylic acids is 2. The number of ether oxygens (including phenoxy) is 1. The molecule has 1 aromatic rings. The fraction of sp³-hybridized carbons (Fsp3) is 0.529. The molecule has 1 aliphatic carbocycles. The molecular formula is C17H21ClO3. The molecular weight excluding hydrogens is 288 g/mol. The Labute approximate surface area is 130 Å². The van der Waals surface area contributed by atoms with Crippen LogP contribution >= 0.6 is 11.6 Å². The van der Waals surface area contributed by atoms with Crippen molar-refractivity contribution in [1.82, 2.24) is 0 Å². The van der Waals surface area contributed by atoms with Gasteiger partial charge in [0.2, 0.25) is 0 Å². The molecule has 1 saturated carbocycles. The van der Waals surface area contributed by atoms with Crippen molar-refractivity contribution >= 4 is 23.4 Å². The minimum atomic E-state index is -0.594. The van der Waals surface area contributed by atoms with Gasteiger partial charge in [0.05, 0.1) is 5.41 Å². The van der Waals surface area contributed by atoms with Crippen LogP contribution in [0, 0.1) is 5.41 Å². The van der Waals surface area contributed by atoms with Gasteiger partial charge in [-0.2, -0.15) is 0 Å². The van der Waals surface area contributed by atoms with Gasteiger partial charge in [-0.25, -0.2) is 0 Å². The van der Waals surface area contributed by atoms with Gasteiger partial charge in [-0.15, -0.1) is 0 Å². The van der Waals surface area contributed by atoms with E-state index in [0.717, 1.165) is 24.8 Å². The van der Waals surface area contributed by atoms with E-state index in [1.807, 2.05) is 32.9 Å². The number of carbonyl (C=O) groups is 2. The number of hydrogen-bond acceptors (Lipinski definition) is 3. The van der Waals surface area contributed by atoms with E-state index in [2.05, 4.69) is 0 Å². The van der Waals surface area contributed by atoms with Crippen LogP contribution in [-0.4, -0.2) is 18.4 Å². The highest BCUT2D eigenvalue weighted by molar-refractivity contribution is 6.30. The number of halogens is 1. The number of hydrogen-bond donors (Lipinski definition) is 0. The lowest BCUT2D eigenvalue weighted by molar-refractivity contribution is -0.158. The lowest BCUT2D eigenvalue weighted by Crippen LogP contribution is -2.44. The summed E-state index contributed by atoms with van der Waals surface area (Å²) in [7, 11) is 0. The largest absolute Gasteiger partial charge is 0.457 e. The molecule has 0 atom stereocenters. The highest BCUT2D eigenvalue weighted by Crippen LogP contribution is 2.45. The molecule has 1 aliphatic rings. The summed E-state index contributed by atoms with van der Waals surface area (Å²) in [4.78, 5) is 24.3. The van der Waals surface area contributed by atoms with E-state index in [9.17, 15) is 9.59 Å². The molecule has 4 heteroatoms. The first-order valence-electron chi connectivity index (χ1n) is 7.22. The van der Waals surface area contributed by atoms with Crippen LogP contribution in [0.4, 0.5) is 0 Å². The average Bonchev–Trinajstić information content (AvgIpc) is 2.35. The quantitative estimate of drug-likeness (QED) is 0.792. The van der Waals surface area contributed by atoms with Crippen LogP contribution < -0.4 is 0 Å². The number of esters is 1. The number of benzene rings is 1. The molecule has 0 spiro atoms. The molecule has 0 heterocycles. The van der Waals surface area contributed by atoms with Gasteiger partial charge >= 0.3 is 5.97 Å². The Morgan fingerprint density at radius 2 is 1.76 bits per heavy atom. The molecule has 114 valence electrons. The van der Waals surface area contributed by atoms with Crippen molar-refractivity contribution in [3.8, 4) is 0 Å². The number of Topliss-reactive ketones (excluding diaryl/α,β-unsaturated/α-hetero) is 1. The van der Waals surface area contributed by atoms with Crippen molar-refractivity contribution in [3.05, 3.63) is 34.9 Å². The van der Waals surface area contributed by atoms with Crippen LogP contribution in [0.5, 0.6) is 0 Å². The lowest BCUT2D eigenvalue weighted by atomic mass is 9.64. The molecule has 0 aliphatic heterocycles. The van der Waals surface area contributed by atoms with Crippen molar-refractivity contribution < 1.29 is 14.3 Å². The molecule has 1 aromatic carbocycles. The van der Waals surface area contributed by atoms with Crippen LogP contribution in [0.1, 0.15) is 45.6 Å². The standard InChI is InChI=1S/C17H21ClO3/c1-16(2,3)14(19)11-21-15(20)17(9-4-10-17)12-5-7-13(18)8-6-12/h5-8H,4,9-11H2,1-3H3. The molecule has 0 saturated heterocycles. The first-order chi connectivity index (χ1) is 9.75. The van der Waals surface area contributed by atoms with Crippen molar-refractivity contribution in [2.75, 3.05) is 6.61 Å². The second-order valence-electron chi connectivity index (χ2n) is 6.69. The van der Waals surface area contributed by atoms with Gasteiger partial charge in [-0.3, -0.25) is 9.59 Å².